The van der Waals surface area contributed by atoms with Crippen LogP contribution in [-0.2, 0) is 16.1 Å². The number of hydrogen-bond donors (Lipinski definition) is 3. The van der Waals surface area contributed by atoms with Gasteiger partial charge in [-0.15, -0.1) is 0 Å². The van der Waals surface area contributed by atoms with Gasteiger partial charge >= 0.3 is 5.69 Å². The summed E-state index contributed by atoms with van der Waals surface area (Å²) in [6.07, 6.45) is -0.157. The first kappa shape index (κ1) is 25.9. The average molecular weight is 458 g/mol. The second kappa shape index (κ2) is 11.0. The van der Waals surface area contributed by atoms with Gasteiger partial charge < -0.3 is 16.0 Å². The molecule has 2 rings (SSSR count). The van der Waals surface area contributed by atoms with Crippen molar-refractivity contribution in [3.05, 3.63) is 50.2 Å². The number of nitrogen functional groups attached to an aromatic ring is 1. The summed E-state index contributed by atoms with van der Waals surface area (Å²) < 4.78 is 1.27. The highest BCUT2D eigenvalue weighted by molar-refractivity contribution is 5.99. The van der Waals surface area contributed by atoms with Crippen molar-refractivity contribution in [2.75, 3.05) is 22.5 Å². The summed E-state index contributed by atoms with van der Waals surface area (Å²) in [5.74, 6) is -0.630. The molecule has 4 N–H and O–H groups in total. The van der Waals surface area contributed by atoms with Crippen molar-refractivity contribution in [2.45, 2.75) is 60.9 Å². The van der Waals surface area contributed by atoms with E-state index in [0.29, 0.717) is 12.2 Å². The van der Waals surface area contributed by atoms with E-state index in [1.54, 1.807) is 0 Å². The highest BCUT2D eigenvalue weighted by Gasteiger charge is 2.25. The smallest absolute Gasteiger partial charge is 0.330 e. The zero-order valence-corrected chi connectivity index (χ0v) is 20.3. The number of nitrogens with zero attached hydrogens (tertiary/aromatic N) is 2. The van der Waals surface area contributed by atoms with Crippen LogP contribution in [0.2, 0.25) is 0 Å². The van der Waals surface area contributed by atoms with E-state index in [0.717, 1.165) is 11.1 Å². The Balaban J connectivity index is 2.25. The Morgan fingerprint density at radius 3 is 2.30 bits per heavy atom. The molecule has 0 aliphatic carbocycles. The van der Waals surface area contributed by atoms with Crippen molar-refractivity contribution >= 4 is 29.0 Å². The number of aromatic amines is 1. The van der Waals surface area contributed by atoms with E-state index in [-0.39, 0.29) is 48.6 Å². The van der Waals surface area contributed by atoms with Gasteiger partial charge in [0.1, 0.15) is 5.82 Å². The largest absolute Gasteiger partial charge is 0.383 e. The Kier molecular flexibility index (Phi) is 8.62. The molecule has 0 atom stereocenters. The monoisotopic (exact) mass is 457 g/mol. The number of amides is 2. The molecule has 2 amide bonds. The van der Waals surface area contributed by atoms with Crippen molar-refractivity contribution in [3.8, 4) is 0 Å². The SMILES string of the molecule is Cc1ccc(NC(=O)CCC(=O)N(CC(C)C)c2c(N)n(CC(C)C)c(=O)[nH]c2=O)cc1C. The maximum atomic E-state index is 13.1. The topological polar surface area (TPSA) is 130 Å². The Hall–Kier alpha value is -3.36. The fourth-order valence-corrected chi connectivity index (χ4v) is 3.47. The normalized spacial score (nSPS) is 11.2. The molecule has 180 valence electrons. The number of aryl methyl sites for hydroxylation is 2. The lowest BCUT2D eigenvalue weighted by Crippen LogP contribution is -2.43. The highest BCUT2D eigenvalue weighted by atomic mass is 16.2. The van der Waals surface area contributed by atoms with Crippen LogP contribution < -0.4 is 27.2 Å². The van der Waals surface area contributed by atoms with Crippen LogP contribution in [0.5, 0.6) is 0 Å². The molecule has 0 aliphatic heterocycles. The van der Waals surface area contributed by atoms with Gasteiger partial charge in [0, 0.05) is 31.6 Å². The lowest BCUT2D eigenvalue weighted by molar-refractivity contribution is -0.122. The average Bonchev–Trinajstić information content (AvgIpc) is 2.70. The van der Waals surface area contributed by atoms with Crippen LogP contribution in [0.15, 0.2) is 27.8 Å². The van der Waals surface area contributed by atoms with Gasteiger partial charge in [0.2, 0.25) is 11.8 Å². The zero-order chi connectivity index (χ0) is 24.9. The van der Waals surface area contributed by atoms with Gasteiger partial charge in [0.25, 0.3) is 5.56 Å². The van der Waals surface area contributed by atoms with Crippen LogP contribution in [0.4, 0.5) is 17.2 Å². The molecule has 0 fully saturated rings. The molecular formula is C24H35N5O4. The van der Waals surface area contributed by atoms with E-state index < -0.39 is 17.2 Å². The maximum absolute atomic E-state index is 13.1. The predicted molar refractivity (Wildman–Crippen MR) is 132 cm³/mol. The number of nitrogens with two attached hydrogens (primary N) is 1. The second-order valence-corrected chi connectivity index (χ2v) is 9.24. The molecule has 0 aliphatic rings. The molecule has 0 saturated carbocycles. The molecular weight excluding hydrogens is 422 g/mol. The predicted octanol–water partition coefficient (Wildman–Crippen LogP) is 2.80. The molecule has 9 heteroatoms. The zero-order valence-electron chi connectivity index (χ0n) is 20.3. The first-order chi connectivity index (χ1) is 15.4. The summed E-state index contributed by atoms with van der Waals surface area (Å²) in [5.41, 5.74) is 7.66. The highest BCUT2D eigenvalue weighted by Crippen LogP contribution is 2.21. The van der Waals surface area contributed by atoms with E-state index in [9.17, 15) is 19.2 Å². The third-order valence-electron chi connectivity index (χ3n) is 5.24. The molecule has 1 aromatic heterocycles. The Morgan fingerprint density at radius 2 is 1.73 bits per heavy atom. The first-order valence-corrected chi connectivity index (χ1v) is 11.2. The Labute approximate surface area is 194 Å². The molecule has 1 aromatic carbocycles. The van der Waals surface area contributed by atoms with E-state index >= 15 is 0 Å². The van der Waals surface area contributed by atoms with Crippen molar-refractivity contribution in [1.29, 1.82) is 0 Å². The van der Waals surface area contributed by atoms with E-state index in [1.807, 2.05) is 59.7 Å². The number of aromatic nitrogens is 2. The van der Waals surface area contributed by atoms with Gasteiger partial charge in [-0.05, 0) is 48.9 Å². The van der Waals surface area contributed by atoms with E-state index in [4.69, 9.17) is 5.73 Å². The fraction of sp³-hybridized carbons (Fsp3) is 0.500. The Bertz CT molecular complexity index is 1130. The molecule has 0 radical (unpaired) electrons. The van der Waals surface area contributed by atoms with Crippen LogP contribution in [0.3, 0.4) is 0 Å². The first-order valence-electron chi connectivity index (χ1n) is 11.2. The number of carbonyl (C=O) groups is 2. The molecule has 0 bridgehead atoms. The lowest BCUT2D eigenvalue weighted by atomic mass is 10.1. The van der Waals surface area contributed by atoms with Crippen molar-refractivity contribution in [3.63, 3.8) is 0 Å². The van der Waals surface area contributed by atoms with E-state index in [1.165, 1.54) is 9.47 Å². The van der Waals surface area contributed by atoms with Gasteiger partial charge in [-0.1, -0.05) is 33.8 Å². The number of hydrogen-bond acceptors (Lipinski definition) is 5. The van der Waals surface area contributed by atoms with Gasteiger partial charge in [-0.3, -0.25) is 23.9 Å². The van der Waals surface area contributed by atoms with Crippen molar-refractivity contribution in [1.82, 2.24) is 9.55 Å². The van der Waals surface area contributed by atoms with Crippen molar-refractivity contribution in [2.24, 2.45) is 11.8 Å². The van der Waals surface area contributed by atoms with Crippen molar-refractivity contribution < 1.29 is 9.59 Å². The summed E-state index contributed by atoms with van der Waals surface area (Å²) in [4.78, 5) is 54.0. The molecule has 0 unspecified atom stereocenters. The van der Waals surface area contributed by atoms with E-state index in [2.05, 4.69) is 10.3 Å². The number of benzene rings is 1. The quantitative estimate of drug-likeness (QED) is 0.533. The number of nitrogens with one attached hydrogen (secondary N) is 2. The standard InChI is InChI=1S/C24H35N5O4/c1-14(2)12-28(21-22(25)29(13-15(3)4)24(33)27-23(21)32)20(31)10-9-19(30)26-18-8-7-16(5)17(6)11-18/h7-8,11,14-15H,9-10,12-13,25H2,1-6H3,(H,26,30)(H,27,32,33). The lowest BCUT2D eigenvalue weighted by Gasteiger charge is -2.26. The van der Waals surface area contributed by atoms with Crippen LogP contribution in [0.25, 0.3) is 0 Å². The summed E-state index contributed by atoms with van der Waals surface area (Å²) >= 11 is 0. The van der Waals surface area contributed by atoms with Gasteiger partial charge in [0.15, 0.2) is 5.69 Å². The maximum Gasteiger partial charge on any atom is 0.330 e. The van der Waals surface area contributed by atoms with Gasteiger partial charge in [0.05, 0.1) is 0 Å². The van der Waals surface area contributed by atoms with Crippen LogP contribution >= 0.6 is 0 Å². The molecule has 2 aromatic rings. The van der Waals surface area contributed by atoms with Gasteiger partial charge in [-0.25, -0.2) is 4.79 Å². The number of anilines is 3. The van der Waals surface area contributed by atoms with Crippen LogP contribution in [0.1, 0.15) is 51.7 Å². The summed E-state index contributed by atoms with van der Waals surface area (Å²) in [7, 11) is 0. The van der Waals surface area contributed by atoms with Crippen LogP contribution in [0, 0.1) is 25.7 Å². The number of carbonyl (C=O) groups excluding carboxylic acids is 2. The molecule has 1 heterocycles. The molecule has 0 spiro atoms. The van der Waals surface area contributed by atoms with Crippen LogP contribution in [-0.4, -0.2) is 27.9 Å². The summed E-state index contributed by atoms with van der Waals surface area (Å²) in [5, 5.41) is 2.80. The summed E-state index contributed by atoms with van der Waals surface area (Å²) in [6, 6.07) is 5.60. The van der Waals surface area contributed by atoms with Gasteiger partial charge in [-0.2, -0.15) is 0 Å². The minimum Gasteiger partial charge on any atom is -0.383 e. The summed E-state index contributed by atoms with van der Waals surface area (Å²) in [6.45, 7) is 12.1. The minimum atomic E-state index is -0.717. The molecule has 33 heavy (non-hydrogen) atoms. The Morgan fingerprint density at radius 1 is 1.06 bits per heavy atom. The number of rotatable bonds is 9. The minimum absolute atomic E-state index is 0.0302. The molecule has 0 saturated heterocycles. The third kappa shape index (κ3) is 6.81. The fourth-order valence-electron chi connectivity index (χ4n) is 3.47. The second-order valence-electron chi connectivity index (χ2n) is 9.24. The molecule has 9 nitrogen and oxygen atoms in total. The third-order valence-corrected chi connectivity index (χ3v) is 5.24. The number of H-pyrrole nitrogens is 1.